The van der Waals surface area contributed by atoms with E-state index in [1.807, 2.05) is 11.3 Å². The molecular weight excluding hydrogens is 683 g/mol. The van der Waals surface area contributed by atoms with Crippen molar-refractivity contribution in [3.63, 3.8) is 0 Å². The van der Waals surface area contributed by atoms with E-state index in [1.165, 1.54) is 81.0 Å². The van der Waals surface area contributed by atoms with E-state index in [0.717, 1.165) is 17.1 Å². The van der Waals surface area contributed by atoms with Crippen LogP contribution in [0.5, 0.6) is 0 Å². The van der Waals surface area contributed by atoms with Crippen molar-refractivity contribution in [1.29, 1.82) is 0 Å². The van der Waals surface area contributed by atoms with Gasteiger partial charge in [0.15, 0.2) is 0 Å². The molecule has 0 saturated carbocycles. The largest absolute Gasteiger partial charge is 0.309 e. The van der Waals surface area contributed by atoms with Crippen molar-refractivity contribution < 1.29 is 0 Å². The number of rotatable bonds is 5. The quantitative estimate of drug-likeness (QED) is 0.171. The van der Waals surface area contributed by atoms with Crippen LogP contribution in [0.15, 0.2) is 170 Å². The van der Waals surface area contributed by atoms with Crippen LogP contribution in [-0.2, 0) is 10.8 Å². The fourth-order valence-corrected chi connectivity index (χ4v) is 10.1. The second-order valence-corrected chi connectivity index (χ2v) is 17.6. The first-order valence-corrected chi connectivity index (χ1v) is 20.2. The standard InChI is InChI=1S/C53H43NS/c1-52(2,3)36-27-31-46(42(32-36)34-16-7-6-8-17-34)54(37-28-29-45-43(33-37)39-20-11-13-23-44(39)53(45,4)5)47-30-26-35-18-9-10-19-38(35)50(47)41-22-15-25-49-51(41)40-21-12-14-24-48(40)55-49/h6-33H,1-5H3. The fourth-order valence-electron chi connectivity index (χ4n) is 9.01. The number of hydrogen-bond donors (Lipinski definition) is 0. The van der Waals surface area contributed by atoms with Gasteiger partial charge in [-0.25, -0.2) is 0 Å². The van der Waals surface area contributed by atoms with Gasteiger partial charge in [-0.1, -0.05) is 162 Å². The first-order chi connectivity index (χ1) is 26.7. The molecule has 2 heteroatoms. The van der Waals surface area contributed by atoms with E-state index < -0.39 is 0 Å². The van der Waals surface area contributed by atoms with Gasteiger partial charge >= 0.3 is 0 Å². The average molecular weight is 726 g/mol. The molecular formula is C53H43NS. The second-order valence-electron chi connectivity index (χ2n) is 16.5. The maximum Gasteiger partial charge on any atom is 0.0546 e. The summed E-state index contributed by atoms with van der Waals surface area (Å²) in [5.41, 5.74) is 15.0. The van der Waals surface area contributed by atoms with E-state index in [1.54, 1.807) is 0 Å². The van der Waals surface area contributed by atoms with E-state index in [9.17, 15) is 0 Å². The van der Waals surface area contributed by atoms with Crippen LogP contribution in [0.4, 0.5) is 17.1 Å². The Bertz CT molecular complexity index is 2940. The van der Waals surface area contributed by atoms with Crippen LogP contribution in [0, 0.1) is 0 Å². The van der Waals surface area contributed by atoms with Gasteiger partial charge in [0.1, 0.15) is 0 Å². The van der Waals surface area contributed by atoms with Crippen molar-refractivity contribution in [2.75, 3.05) is 4.90 Å². The van der Waals surface area contributed by atoms with Crippen LogP contribution >= 0.6 is 11.3 Å². The zero-order valence-electron chi connectivity index (χ0n) is 32.0. The number of hydrogen-bond acceptors (Lipinski definition) is 2. The highest BCUT2D eigenvalue weighted by Gasteiger charge is 2.36. The Morgan fingerprint density at radius 1 is 0.491 bits per heavy atom. The molecule has 0 bridgehead atoms. The van der Waals surface area contributed by atoms with Gasteiger partial charge in [0.2, 0.25) is 0 Å². The molecule has 0 aliphatic heterocycles. The van der Waals surface area contributed by atoms with Gasteiger partial charge in [0.25, 0.3) is 0 Å². The summed E-state index contributed by atoms with van der Waals surface area (Å²) < 4.78 is 2.62. The fraction of sp³-hybridized carbons (Fsp3) is 0.132. The molecule has 8 aromatic carbocycles. The molecule has 10 rings (SSSR count). The van der Waals surface area contributed by atoms with Gasteiger partial charge in [-0.15, -0.1) is 11.3 Å². The molecule has 266 valence electrons. The molecule has 0 spiro atoms. The first-order valence-electron chi connectivity index (χ1n) is 19.4. The van der Waals surface area contributed by atoms with Crippen molar-refractivity contribution in [3.8, 4) is 33.4 Å². The highest BCUT2D eigenvalue weighted by Crippen LogP contribution is 2.54. The third kappa shape index (κ3) is 5.34. The summed E-state index contributed by atoms with van der Waals surface area (Å²) in [7, 11) is 0. The van der Waals surface area contributed by atoms with E-state index in [-0.39, 0.29) is 10.8 Å². The minimum Gasteiger partial charge on any atom is -0.309 e. The predicted octanol–water partition coefficient (Wildman–Crippen LogP) is 15.6. The van der Waals surface area contributed by atoms with Gasteiger partial charge < -0.3 is 4.90 Å². The first kappa shape index (κ1) is 33.6. The van der Waals surface area contributed by atoms with Gasteiger partial charge in [-0.05, 0) is 97.6 Å². The highest BCUT2D eigenvalue weighted by atomic mass is 32.1. The number of fused-ring (bicyclic) bond motifs is 7. The molecule has 1 aliphatic rings. The lowest BCUT2D eigenvalue weighted by Crippen LogP contribution is -2.17. The molecule has 1 nitrogen and oxygen atoms in total. The van der Waals surface area contributed by atoms with Crippen LogP contribution in [-0.4, -0.2) is 0 Å². The minimum atomic E-state index is -0.0808. The van der Waals surface area contributed by atoms with Crippen LogP contribution in [0.2, 0.25) is 0 Å². The summed E-state index contributed by atoms with van der Waals surface area (Å²) in [6, 6.07) is 63.6. The molecule has 1 aliphatic carbocycles. The molecule has 0 atom stereocenters. The summed E-state index contributed by atoms with van der Waals surface area (Å²) in [6.45, 7) is 11.6. The summed E-state index contributed by atoms with van der Waals surface area (Å²) in [5, 5.41) is 5.10. The molecule has 0 fully saturated rings. The van der Waals surface area contributed by atoms with E-state index in [4.69, 9.17) is 0 Å². The molecule has 1 heterocycles. The smallest absolute Gasteiger partial charge is 0.0546 e. The van der Waals surface area contributed by atoms with Crippen molar-refractivity contribution in [1.82, 2.24) is 0 Å². The van der Waals surface area contributed by atoms with E-state index in [0.29, 0.717) is 0 Å². The normalized spacial score (nSPS) is 13.3. The SMILES string of the molecule is CC(C)(C)c1ccc(N(c2ccc3c(c2)-c2ccccc2C3(C)C)c2ccc3ccccc3c2-c2cccc3sc4ccccc4c23)c(-c2ccccc2)c1. The van der Waals surface area contributed by atoms with Gasteiger partial charge in [0.05, 0.1) is 11.4 Å². The number of nitrogens with zero attached hydrogens (tertiary/aromatic N) is 1. The van der Waals surface area contributed by atoms with Gasteiger partial charge in [0, 0.05) is 42.4 Å². The lowest BCUT2D eigenvalue weighted by atomic mass is 9.82. The number of anilines is 3. The van der Waals surface area contributed by atoms with Gasteiger partial charge in [-0.3, -0.25) is 0 Å². The monoisotopic (exact) mass is 725 g/mol. The molecule has 0 amide bonds. The maximum atomic E-state index is 2.55. The summed E-state index contributed by atoms with van der Waals surface area (Å²) >= 11 is 1.88. The van der Waals surface area contributed by atoms with Crippen LogP contribution in [0.3, 0.4) is 0 Å². The molecule has 0 radical (unpaired) electrons. The zero-order valence-corrected chi connectivity index (χ0v) is 32.8. The van der Waals surface area contributed by atoms with Crippen molar-refractivity contribution in [2.24, 2.45) is 0 Å². The highest BCUT2D eigenvalue weighted by molar-refractivity contribution is 7.25. The Balaban J connectivity index is 1.34. The summed E-state index contributed by atoms with van der Waals surface area (Å²) in [6.07, 6.45) is 0. The summed E-state index contributed by atoms with van der Waals surface area (Å²) in [5.74, 6) is 0. The third-order valence-electron chi connectivity index (χ3n) is 11.8. The van der Waals surface area contributed by atoms with E-state index >= 15 is 0 Å². The topological polar surface area (TPSA) is 3.24 Å². The molecule has 0 N–H and O–H groups in total. The molecule has 1 aromatic heterocycles. The van der Waals surface area contributed by atoms with Crippen LogP contribution in [0.1, 0.15) is 51.3 Å². The minimum absolute atomic E-state index is 0.0144. The number of thiophene rings is 1. The molecule has 0 unspecified atom stereocenters. The molecule has 0 saturated heterocycles. The molecule has 9 aromatic rings. The Morgan fingerprint density at radius 3 is 2.00 bits per heavy atom. The second kappa shape index (κ2) is 12.5. The van der Waals surface area contributed by atoms with E-state index in [2.05, 4.69) is 209 Å². The van der Waals surface area contributed by atoms with Crippen molar-refractivity contribution >= 4 is 59.3 Å². The van der Waals surface area contributed by atoms with Crippen molar-refractivity contribution in [2.45, 2.75) is 45.4 Å². The number of benzene rings is 8. The van der Waals surface area contributed by atoms with Crippen LogP contribution in [0.25, 0.3) is 64.3 Å². The Morgan fingerprint density at radius 2 is 1.16 bits per heavy atom. The molecule has 55 heavy (non-hydrogen) atoms. The Kier molecular flexibility index (Phi) is 7.67. The zero-order chi connectivity index (χ0) is 37.5. The maximum absolute atomic E-state index is 2.55. The van der Waals surface area contributed by atoms with Crippen LogP contribution < -0.4 is 4.90 Å². The Hall–Kier alpha value is -5.96. The van der Waals surface area contributed by atoms with Crippen molar-refractivity contribution in [3.05, 3.63) is 187 Å². The lowest BCUT2D eigenvalue weighted by molar-refractivity contribution is 0.590. The average Bonchev–Trinajstić information content (AvgIpc) is 3.70. The summed E-state index contributed by atoms with van der Waals surface area (Å²) in [4.78, 5) is 2.55. The lowest BCUT2D eigenvalue weighted by Gasteiger charge is -2.32. The van der Waals surface area contributed by atoms with Gasteiger partial charge in [-0.2, -0.15) is 0 Å². The third-order valence-corrected chi connectivity index (χ3v) is 13.0. The Labute approximate surface area is 328 Å². The predicted molar refractivity (Wildman–Crippen MR) is 239 cm³/mol.